The molecule has 0 bridgehead atoms. The van der Waals surface area contributed by atoms with Crippen molar-refractivity contribution in [1.82, 2.24) is 8.97 Å². The van der Waals surface area contributed by atoms with E-state index in [4.69, 9.17) is 9.39 Å². The Kier molecular flexibility index (Phi) is 6.07. The molecule has 0 aliphatic carbocycles. The van der Waals surface area contributed by atoms with Gasteiger partial charge in [0.05, 0.1) is 27.6 Å². The Morgan fingerprint density at radius 3 is 1.61 bits per heavy atom. The largest absolute Gasteiger partial charge is 0.551 e. The quantitative estimate of drug-likeness (QED) is 0.168. The molecule has 0 radical (unpaired) electrons. The van der Waals surface area contributed by atoms with Gasteiger partial charge in [0.25, 0.3) is 0 Å². The van der Waals surface area contributed by atoms with Gasteiger partial charge in [0.2, 0.25) is 0 Å². The van der Waals surface area contributed by atoms with Crippen LogP contribution in [-0.2, 0) is 0 Å². The zero-order valence-electron chi connectivity index (χ0n) is 31.7. The number of para-hydroxylation sites is 5. The van der Waals surface area contributed by atoms with Crippen LogP contribution in [0.3, 0.4) is 0 Å². The summed E-state index contributed by atoms with van der Waals surface area (Å²) < 4.78 is 18.7. The molecule has 2 aliphatic heterocycles. The number of nitrogens with zero attached hydrogens (tertiary/aromatic N) is 2. The summed E-state index contributed by atoms with van der Waals surface area (Å²) in [5.41, 5.74) is 16.2. The van der Waals surface area contributed by atoms with Crippen molar-refractivity contribution in [1.29, 1.82) is 0 Å². The highest BCUT2D eigenvalue weighted by atomic mass is 16.5. The number of fused-ring (bicyclic) bond motifs is 13. The molecule has 5 heterocycles. The van der Waals surface area contributed by atoms with Crippen molar-refractivity contribution in [2.24, 2.45) is 0 Å². The summed E-state index contributed by atoms with van der Waals surface area (Å²) in [7, 11) is 0. The maximum Gasteiger partial charge on any atom is 0.434 e. The molecule has 0 saturated heterocycles. The average molecular weight is 751 g/mol. The molecule has 5 heteroatoms. The Labute approximate surface area is 339 Å². The molecule has 0 atom stereocenters. The molecular weight excluding hydrogens is 719 g/mol. The van der Waals surface area contributed by atoms with Crippen LogP contribution >= 0.6 is 0 Å². The van der Waals surface area contributed by atoms with Crippen molar-refractivity contribution >= 4 is 77.7 Å². The summed E-state index contributed by atoms with van der Waals surface area (Å²) in [6.07, 6.45) is 0. The molecule has 3 aromatic heterocycles. The molecule has 0 N–H and O–H groups in total. The fourth-order valence-electron chi connectivity index (χ4n) is 10.3. The van der Waals surface area contributed by atoms with Gasteiger partial charge in [-0.3, -0.25) is 0 Å². The monoisotopic (exact) mass is 750 g/mol. The minimum Gasteiger partial charge on any atom is -0.551 e. The molecule has 272 valence electrons. The standard InChI is InChI=1S/C54H31BN2O2/c1-6-16-46-37(11-1)38-12-2-7-17-47(38)56(46)36-24-21-32(22-25-36)33-23-26-51-45(30-33)55-53-42(41-15-5-10-20-50(41)59-55)27-35(31-52(53)58-51)34-28-43-39-13-3-8-18-48(39)57-49-19-9-4-14-40(49)44(29-34)54(43)57/h1-31H. The topological polar surface area (TPSA) is 27.8 Å². The summed E-state index contributed by atoms with van der Waals surface area (Å²) in [5, 5.41) is 7.58. The van der Waals surface area contributed by atoms with Crippen LogP contribution in [0, 0.1) is 0 Å². The van der Waals surface area contributed by atoms with Crippen LogP contribution in [0.5, 0.6) is 17.2 Å². The van der Waals surface area contributed by atoms with Crippen LogP contribution in [0.15, 0.2) is 188 Å². The van der Waals surface area contributed by atoms with E-state index in [0.717, 1.165) is 61.7 Å². The summed E-state index contributed by atoms with van der Waals surface area (Å²) in [4.78, 5) is 0. The van der Waals surface area contributed by atoms with Gasteiger partial charge >= 0.3 is 6.92 Å². The molecule has 0 unspecified atom stereocenters. The number of aromatic nitrogens is 2. The summed E-state index contributed by atoms with van der Waals surface area (Å²) in [6, 6.07) is 68.0. The maximum atomic E-state index is 6.94. The Morgan fingerprint density at radius 1 is 0.373 bits per heavy atom. The molecule has 12 aromatic rings. The number of benzene rings is 9. The normalized spacial score (nSPS) is 13.0. The zero-order valence-corrected chi connectivity index (χ0v) is 31.7. The molecule has 14 rings (SSSR count). The maximum absolute atomic E-state index is 6.94. The second kappa shape index (κ2) is 11.4. The SMILES string of the molecule is c1ccc2c(c1)OB1c3cc(-c4ccc(-n5c6ccccc6c6ccccc65)cc4)ccc3Oc3cc(-c4cc5c6ccccc6n6c7ccccc7c(c4)c56)cc-2c31. The molecule has 4 nitrogen and oxygen atoms in total. The highest BCUT2D eigenvalue weighted by Gasteiger charge is 2.41. The lowest BCUT2D eigenvalue weighted by molar-refractivity contribution is 0.479. The first-order valence-corrected chi connectivity index (χ1v) is 20.3. The van der Waals surface area contributed by atoms with Gasteiger partial charge in [0.1, 0.15) is 17.2 Å². The van der Waals surface area contributed by atoms with Gasteiger partial charge in [0.15, 0.2) is 0 Å². The summed E-state index contributed by atoms with van der Waals surface area (Å²) in [5.74, 6) is 2.54. The van der Waals surface area contributed by atoms with E-state index >= 15 is 0 Å². The Hall–Kier alpha value is -7.76. The molecule has 0 fully saturated rings. The van der Waals surface area contributed by atoms with Crippen molar-refractivity contribution in [2.75, 3.05) is 0 Å². The minimum absolute atomic E-state index is 0.311. The van der Waals surface area contributed by atoms with Gasteiger partial charge in [-0.25, -0.2) is 0 Å². The predicted octanol–water partition coefficient (Wildman–Crippen LogP) is 12.5. The van der Waals surface area contributed by atoms with E-state index < -0.39 is 0 Å². The lowest BCUT2D eigenvalue weighted by Crippen LogP contribution is -2.53. The van der Waals surface area contributed by atoms with Crippen molar-refractivity contribution in [2.45, 2.75) is 0 Å². The first-order valence-electron chi connectivity index (χ1n) is 20.3. The number of rotatable bonds is 3. The van der Waals surface area contributed by atoms with Crippen LogP contribution in [0.1, 0.15) is 0 Å². The Morgan fingerprint density at radius 2 is 0.932 bits per heavy atom. The van der Waals surface area contributed by atoms with E-state index in [1.54, 1.807) is 0 Å². The molecule has 9 aromatic carbocycles. The first-order chi connectivity index (χ1) is 29.2. The Balaban J connectivity index is 0.904. The fraction of sp³-hybridized carbons (Fsp3) is 0. The van der Waals surface area contributed by atoms with Crippen molar-refractivity contribution in [3.05, 3.63) is 188 Å². The van der Waals surface area contributed by atoms with E-state index in [0.29, 0.717) is 0 Å². The number of hydrogen-bond donors (Lipinski definition) is 0. The van der Waals surface area contributed by atoms with Gasteiger partial charge in [-0.05, 0) is 101 Å². The summed E-state index contributed by atoms with van der Waals surface area (Å²) >= 11 is 0. The van der Waals surface area contributed by atoms with E-state index in [1.165, 1.54) is 65.5 Å². The molecule has 2 aliphatic rings. The van der Waals surface area contributed by atoms with E-state index in [2.05, 4.69) is 197 Å². The van der Waals surface area contributed by atoms with Gasteiger partial charge in [-0.1, -0.05) is 115 Å². The van der Waals surface area contributed by atoms with Gasteiger partial charge in [0, 0.05) is 54.5 Å². The zero-order chi connectivity index (χ0) is 38.3. The highest BCUT2D eigenvalue weighted by molar-refractivity contribution is 6.84. The fourth-order valence-corrected chi connectivity index (χ4v) is 10.3. The number of ether oxygens (including phenoxy) is 1. The third kappa shape index (κ3) is 4.23. The van der Waals surface area contributed by atoms with E-state index in [1.807, 2.05) is 0 Å². The minimum atomic E-state index is -0.311. The third-order valence-corrected chi connectivity index (χ3v) is 12.9. The van der Waals surface area contributed by atoms with Gasteiger partial charge in [-0.2, -0.15) is 0 Å². The molecule has 0 amide bonds. The molecule has 59 heavy (non-hydrogen) atoms. The lowest BCUT2D eigenvalue weighted by atomic mass is 9.50. The average Bonchev–Trinajstić information content (AvgIpc) is 3.94. The predicted molar refractivity (Wildman–Crippen MR) is 244 cm³/mol. The van der Waals surface area contributed by atoms with Crippen LogP contribution in [-0.4, -0.2) is 15.9 Å². The lowest BCUT2D eigenvalue weighted by Gasteiger charge is -2.33. The third-order valence-electron chi connectivity index (χ3n) is 12.9. The van der Waals surface area contributed by atoms with E-state index in [9.17, 15) is 0 Å². The van der Waals surface area contributed by atoms with Crippen molar-refractivity contribution in [3.8, 4) is 56.3 Å². The van der Waals surface area contributed by atoms with Crippen molar-refractivity contribution < 1.29 is 9.39 Å². The van der Waals surface area contributed by atoms with E-state index in [-0.39, 0.29) is 6.92 Å². The number of hydrogen-bond acceptors (Lipinski definition) is 2. The highest BCUT2D eigenvalue weighted by Crippen LogP contribution is 2.45. The molecule has 0 spiro atoms. The van der Waals surface area contributed by atoms with Crippen LogP contribution in [0.2, 0.25) is 0 Å². The second-order valence-corrected chi connectivity index (χ2v) is 16.0. The molecular formula is C54H31BN2O2. The van der Waals surface area contributed by atoms with Crippen molar-refractivity contribution in [3.63, 3.8) is 0 Å². The molecule has 0 saturated carbocycles. The van der Waals surface area contributed by atoms with Gasteiger partial charge < -0.3 is 18.4 Å². The van der Waals surface area contributed by atoms with Gasteiger partial charge in [-0.15, -0.1) is 0 Å². The smallest absolute Gasteiger partial charge is 0.434 e. The summed E-state index contributed by atoms with van der Waals surface area (Å²) in [6.45, 7) is -0.311. The van der Waals surface area contributed by atoms with Crippen LogP contribution in [0.25, 0.3) is 99.0 Å². The second-order valence-electron chi connectivity index (χ2n) is 16.0. The van der Waals surface area contributed by atoms with Crippen LogP contribution in [0.4, 0.5) is 0 Å². The van der Waals surface area contributed by atoms with Crippen LogP contribution < -0.4 is 20.3 Å². The first kappa shape index (κ1) is 31.3. The Bertz CT molecular complexity index is 3610.